The van der Waals surface area contributed by atoms with Crippen LogP contribution in [0.3, 0.4) is 0 Å². The highest BCUT2D eigenvalue weighted by Gasteiger charge is 2.58. The second-order valence-electron chi connectivity index (χ2n) is 5.80. The smallest absolute Gasteiger partial charge is 0.319 e. The summed E-state index contributed by atoms with van der Waals surface area (Å²) in [7, 11) is 0. The molecule has 2 rings (SSSR count). The van der Waals surface area contributed by atoms with Gasteiger partial charge < -0.3 is 15.3 Å². The lowest BCUT2D eigenvalue weighted by molar-refractivity contribution is -0.154. The number of hydrogen-bond acceptors (Lipinski definition) is 3. The molecule has 0 aromatic heterocycles. The lowest BCUT2D eigenvalue weighted by atomic mass is 10.0. The lowest BCUT2D eigenvalue weighted by Crippen LogP contribution is -2.52. The van der Waals surface area contributed by atoms with E-state index < -0.39 is 11.4 Å². The topological polar surface area (TPSA) is 86.7 Å². The Balaban J connectivity index is 1.92. The van der Waals surface area contributed by atoms with Crippen molar-refractivity contribution in [3.63, 3.8) is 0 Å². The van der Waals surface area contributed by atoms with E-state index in [4.69, 9.17) is 5.11 Å². The van der Waals surface area contributed by atoms with Crippen LogP contribution in [-0.4, -0.2) is 46.9 Å². The number of carboxylic acid groups (broad SMARTS) is 1. The van der Waals surface area contributed by atoms with Gasteiger partial charge in [0.05, 0.1) is 0 Å². The van der Waals surface area contributed by atoms with Gasteiger partial charge in [0, 0.05) is 25.6 Å². The second-order valence-corrected chi connectivity index (χ2v) is 5.80. The van der Waals surface area contributed by atoms with Gasteiger partial charge in [-0.05, 0) is 32.1 Å². The van der Waals surface area contributed by atoms with Crippen molar-refractivity contribution in [1.29, 1.82) is 0 Å². The average molecular weight is 282 g/mol. The van der Waals surface area contributed by atoms with Gasteiger partial charge in [-0.3, -0.25) is 14.4 Å². The van der Waals surface area contributed by atoms with Crippen LogP contribution < -0.4 is 5.32 Å². The quantitative estimate of drug-likeness (QED) is 0.729. The van der Waals surface area contributed by atoms with Crippen LogP contribution in [0.5, 0.6) is 0 Å². The summed E-state index contributed by atoms with van der Waals surface area (Å²) in [6, 6.07) is -0.0451. The third-order valence-corrected chi connectivity index (χ3v) is 4.12. The maximum absolute atomic E-state index is 12.3. The molecule has 1 saturated carbocycles. The molecule has 0 spiro atoms. The van der Waals surface area contributed by atoms with Crippen molar-refractivity contribution >= 4 is 17.8 Å². The van der Waals surface area contributed by atoms with Crippen LogP contribution in [-0.2, 0) is 14.4 Å². The SMILES string of the molecule is CCCC(=O)NC1CCCN(C(=O)C2(C(=O)O)CC2)C1. The highest BCUT2D eigenvalue weighted by molar-refractivity contribution is 6.04. The molecule has 0 aromatic rings. The number of carbonyl (C=O) groups excluding carboxylic acids is 2. The molecule has 0 aromatic carbocycles. The molecular weight excluding hydrogens is 260 g/mol. The Morgan fingerprint density at radius 2 is 2.05 bits per heavy atom. The Kier molecular flexibility index (Phi) is 4.30. The summed E-state index contributed by atoms with van der Waals surface area (Å²) in [6.07, 6.45) is 3.81. The van der Waals surface area contributed by atoms with Crippen LogP contribution in [0.15, 0.2) is 0 Å². The Bertz CT molecular complexity index is 417. The molecular formula is C14H22N2O4. The van der Waals surface area contributed by atoms with E-state index in [-0.39, 0.29) is 17.9 Å². The number of amides is 2. The standard InChI is InChI=1S/C14H22N2O4/c1-2-4-11(17)15-10-5-3-8-16(9-10)12(18)14(6-7-14)13(19)20/h10H,2-9H2,1H3,(H,15,17)(H,19,20). The van der Waals surface area contributed by atoms with Crippen molar-refractivity contribution in [1.82, 2.24) is 10.2 Å². The summed E-state index contributed by atoms with van der Waals surface area (Å²) in [6.45, 7) is 2.97. The predicted octanol–water partition coefficient (Wildman–Crippen LogP) is 0.758. The summed E-state index contributed by atoms with van der Waals surface area (Å²) in [4.78, 5) is 36.7. The highest BCUT2D eigenvalue weighted by Crippen LogP contribution is 2.47. The summed E-state index contributed by atoms with van der Waals surface area (Å²) in [5, 5.41) is 12.1. The van der Waals surface area contributed by atoms with Crippen molar-refractivity contribution in [2.45, 2.75) is 51.5 Å². The summed E-state index contributed by atoms with van der Waals surface area (Å²) in [5.74, 6) is -1.29. The molecule has 1 saturated heterocycles. The van der Waals surface area contributed by atoms with Gasteiger partial charge in [-0.25, -0.2) is 0 Å². The van der Waals surface area contributed by atoms with E-state index in [0.717, 1.165) is 19.3 Å². The molecule has 1 aliphatic carbocycles. The number of carbonyl (C=O) groups is 3. The van der Waals surface area contributed by atoms with Gasteiger partial charge in [0.25, 0.3) is 0 Å². The van der Waals surface area contributed by atoms with Gasteiger partial charge in [0.1, 0.15) is 5.41 Å². The van der Waals surface area contributed by atoms with Gasteiger partial charge in [-0.15, -0.1) is 0 Å². The maximum Gasteiger partial charge on any atom is 0.319 e. The van der Waals surface area contributed by atoms with Crippen molar-refractivity contribution in [2.75, 3.05) is 13.1 Å². The van der Waals surface area contributed by atoms with Crippen molar-refractivity contribution in [3.8, 4) is 0 Å². The third-order valence-electron chi connectivity index (χ3n) is 4.12. The maximum atomic E-state index is 12.3. The minimum atomic E-state index is -1.17. The van der Waals surface area contributed by atoms with Gasteiger partial charge in [-0.1, -0.05) is 6.92 Å². The lowest BCUT2D eigenvalue weighted by Gasteiger charge is -2.34. The molecule has 6 nitrogen and oxygen atoms in total. The molecule has 1 aliphatic heterocycles. The Labute approximate surface area is 118 Å². The zero-order valence-electron chi connectivity index (χ0n) is 11.9. The largest absolute Gasteiger partial charge is 0.480 e. The van der Waals surface area contributed by atoms with Crippen LogP contribution in [0.4, 0.5) is 0 Å². The molecule has 0 bridgehead atoms. The van der Waals surface area contributed by atoms with E-state index in [0.29, 0.717) is 32.4 Å². The number of hydrogen-bond donors (Lipinski definition) is 2. The van der Waals surface area contributed by atoms with Crippen molar-refractivity contribution in [3.05, 3.63) is 0 Å². The molecule has 20 heavy (non-hydrogen) atoms. The number of aliphatic carboxylic acids is 1. The molecule has 2 N–H and O–H groups in total. The van der Waals surface area contributed by atoms with Crippen LogP contribution in [0.25, 0.3) is 0 Å². The molecule has 2 fully saturated rings. The van der Waals surface area contributed by atoms with Gasteiger partial charge in [0.15, 0.2) is 0 Å². The van der Waals surface area contributed by atoms with E-state index in [2.05, 4.69) is 5.32 Å². The molecule has 1 unspecified atom stereocenters. The van der Waals surface area contributed by atoms with Crippen LogP contribution in [0, 0.1) is 5.41 Å². The fraction of sp³-hybridized carbons (Fsp3) is 0.786. The highest BCUT2D eigenvalue weighted by atomic mass is 16.4. The Morgan fingerprint density at radius 3 is 2.60 bits per heavy atom. The van der Waals surface area contributed by atoms with Gasteiger partial charge in [-0.2, -0.15) is 0 Å². The summed E-state index contributed by atoms with van der Waals surface area (Å²) >= 11 is 0. The van der Waals surface area contributed by atoms with Gasteiger partial charge in [0.2, 0.25) is 11.8 Å². The van der Waals surface area contributed by atoms with Gasteiger partial charge >= 0.3 is 5.97 Å². The third kappa shape index (κ3) is 2.94. The number of likely N-dealkylation sites (tertiary alicyclic amines) is 1. The van der Waals surface area contributed by atoms with Crippen LogP contribution >= 0.6 is 0 Å². The Morgan fingerprint density at radius 1 is 1.35 bits per heavy atom. The molecule has 2 aliphatic rings. The number of piperidine rings is 1. The van der Waals surface area contributed by atoms with Crippen molar-refractivity contribution < 1.29 is 19.5 Å². The minimum absolute atomic E-state index is 0.00571. The number of nitrogens with zero attached hydrogens (tertiary/aromatic N) is 1. The first-order valence-corrected chi connectivity index (χ1v) is 7.31. The van der Waals surface area contributed by atoms with E-state index >= 15 is 0 Å². The first kappa shape index (κ1) is 14.8. The second kappa shape index (κ2) is 5.81. The monoisotopic (exact) mass is 282 g/mol. The van der Waals surface area contributed by atoms with Crippen molar-refractivity contribution in [2.24, 2.45) is 5.41 Å². The molecule has 1 heterocycles. The minimum Gasteiger partial charge on any atom is -0.480 e. The van der Waals surface area contributed by atoms with Crippen LogP contribution in [0.1, 0.15) is 45.4 Å². The molecule has 112 valence electrons. The molecule has 6 heteroatoms. The number of rotatable bonds is 5. The first-order valence-electron chi connectivity index (χ1n) is 7.31. The fourth-order valence-electron chi connectivity index (χ4n) is 2.75. The molecule has 2 amide bonds. The predicted molar refractivity (Wildman–Crippen MR) is 72.0 cm³/mol. The van der Waals surface area contributed by atoms with E-state index in [1.54, 1.807) is 4.90 Å². The first-order chi connectivity index (χ1) is 9.49. The molecule has 1 atom stereocenters. The fourth-order valence-corrected chi connectivity index (χ4v) is 2.75. The normalized spacial score (nSPS) is 24.1. The average Bonchev–Trinajstić information content (AvgIpc) is 3.20. The Hall–Kier alpha value is -1.59. The summed E-state index contributed by atoms with van der Waals surface area (Å²) < 4.78 is 0. The molecule has 0 radical (unpaired) electrons. The summed E-state index contributed by atoms with van der Waals surface area (Å²) in [5.41, 5.74) is -1.17. The zero-order valence-corrected chi connectivity index (χ0v) is 11.9. The number of carboxylic acids is 1. The number of nitrogens with one attached hydrogen (secondary N) is 1. The van der Waals surface area contributed by atoms with E-state index in [9.17, 15) is 14.4 Å². The van der Waals surface area contributed by atoms with E-state index in [1.807, 2.05) is 6.92 Å². The van der Waals surface area contributed by atoms with E-state index in [1.165, 1.54) is 0 Å². The van der Waals surface area contributed by atoms with Crippen LogP contribution in [0.2, 0.25) is 0 Å². The zero-order chi connectivity index (χ0) is 14.8.